The summed E-state index contributed by atoms with van der Waals surface area (Å²) < 4.78 is 5.13. The monoisotopic (exact) mass is 174 g/mol. The molecule has 0 radical (unpaired) electrons. The van der Waals surface area contributed by atoms with Gasteiger partial charge < -0.3 is 4.74 Å². The van der Waals surface area contributed by atoms with E-state index in [2.05, 4.69) is 0 Å². The number of allylic oxidation sites excluding steroid dienone is 1. The molecule has 1 aliphatic heterocycles. The van der Waals surface area contributed by atoms with E-state index in [0.717, 1.165) is 11.1 Å². The van der Waals surface area contributed by atoms with Crippen LogP contribution in [0, 0.1) is 0 Å². The first-order chi connectivity index (χ1) is 6.31. The molecule has 0 aromatic heterocycles. The molecule has 0 fully saturated rings. The number of hydrogen-bond donors (Lipinski definition) is 0. The van der Waals surface area contributed by atoms with Crippen LogP contribution < -0.4 is 4.74 Å². The molecule has 0 N–H and O–H groups in total. The lowest BCUT2D eigenvalue weighted by Gasteiger charge is -2.16. The van der Waals surface area contributed by atoms with E-state index in [1.807, 2.05) is 31.2 Å². The summed E-state index contributed by atoms with van der Waals surface area (Å²) in [6.45, 7) is 1.85. The van der Waals surface area contributed by atoms with E-state index in [1.54, 1.807) is 6.08 Å². The van der Waals surface area contributed by atoms with Crippen LogP contribution in [0.4, 0.5) is 0 Å². The molecule has 2 rings (SSSR count). The van der Waals surface area contributed by atoms with Crippen LogP contribution in [0.5, 0.6) is 5.75 Å². The van der Waals surface area contributed by atoms with E-state index in [1.165, 1.54) is 0 Å². The first-order valence-electron chi connectivity index (χ1n) is 4.26. The van der Waals surface area contributed by atoms with Gasteiger partial charge in [0.05, 0.1) is 0 Å². The average Bonchev–Trinajstić information content (AvgIpc) is 2.17. The van der Waals surface area contributed by atoms with E-state index in [4.69, 9.17) is 4.74 Å². The Kier molecular flexibility index (Phi) is 1.89. The molecular formula is C11H10O2. The van der Waals surface area contributed by atoms with E-state index in [0.29, 0.717) is 12.2 Å². The highest BCUT2D eigenvalue weighted by molar-refractivity contribution is 5.92. The van der Waals surface area contributed by atoms with Crippen LogP contribution in [0.1, 0.15) is 12.5 Å². The van der Waals surface area contributed by atoms with E-state index in [-0.39, 0.29) is 5.97 Å². The SMILES string of the molecule is C/C=C1\Cc2ccccc2OC1=O. The second-order valence-corrected chi connectivity index (χ2v) is 2.99. The van der Waals surface area contributed by atoms with Gasteiger partial charge in [-0.2, -0.15) is 0 Å². The number of para-hydroxylation sites is 1. The topological polar surface area (TPSA) is 26.3 Å². The van der Waals surface area contributed by atoms with Crippen LogP contribution in [0.2, 0.25) is 0 Å². The van der Waals surface area contributed by atoms with E-state index < -0.39 is 0 Å². The molecule has 1 aliphatic rings. The summed E-state index contributed by atoms with van der Waals surface area (Å²) in [6.07, 6.45) is 2.49. The fourth-order valence-electron chi connectivity index (χ4n) is 1.41. The zero-order chi connectivity index (χ0) is 9.26. The Balaban J connectivity index is 2.44. The second kappa shape index (κ2) is 3.05. The maximum atomic E-state index is 11.3. The lowest BCUT2D eigenvalue weighted by molar-refractivity contribution is -0.130. The molecule has 1 heterocycles. The van der Waals surface area contributed by atoms with Gasteiger partial charge in [0.1, 0.15) is 5.75 Å². The molecule has 0 atom stereocenters. The van der Waals surface area contributed by atoms with Gasteiger partial charge in [0.2, 0.25) is 0 Å². The Bertz CT molecular complexity index is 377. The molecule has 2 heteroatoms. The van der Waals surface area contributed by atoms with Crippen LogP contribution in [0.25, 0.3) is 0 Å². The smallest absolute Gasteiger partial charge is 0.339 e. The zero-order valence-electron chi connectivity index (χ0n) is 7.41. The minimum atomic E-state index is -0.221. The summed E-state index contributed by atoms with van der Waals surface area (Å²) in [6, 6.07) is 7.61. The summed E-state index contributed by atoms with van der Waals surface area (Å²) >= 11 is 0. The Labute approximate surface area is 76.8 Å². The standard InChI is InChI=1S/C11H10O2/c1-2-8-7-9-5-3-4-6-10(9)13-11(8)12/h2-6H,7H2,1H3/b8-2+. The summed E-state index contributed by atoms with van der Waals surface area (Å²) in [5, 5.41) is 0. The van der Waals surface area contributed by atoms with Crippen molar-refractivity contribution in [3.05, 3.63) is 41.5 Å². The fourth-order valence-corrected chi connectivity index (χ4v) is 1.41. The van der Waals surface area contributed by atoms with E-state index >= 15 is 0 Å². The van der Waals surface area contributed by atoms with Crippen molar-refractivity contribution >= 4 is 5.97 Å². The van der Waals surface area contributed by atoms with Crippen molar-refractivity contribution < 1.29 is 9.53 Å². The number of fused-ring (bicyclic) bond motifs is 1. The fraction of sp³-hybridized carbons (Fsp3) is 0.182. The van der Waals surface area contributed by atoms with Gasteiger partial charge in [-0.25, -0.2) is 4.79 Å². The van der Waals surface area contributed by atoms with Crippen molar-refractivity contribution in [3.8, 4) is 5.75 Å². The molecule has 66 valence electrons. The lowest BCUT2D eigenvalue weighted by Crippen LogP contribution is -2.18. The first-order valence-corrected chi connectivity index (χ1v) is 4.26. The number of benzene rings is 1. The number of esters is 1. The third-order valence-electron chi connectivity index (χ3n) is 2.17. The number of carbonyl (C=O) groups is 1. The predicted octanol–water partition coefficient (Wildman–Crippen LogP) is 2.09. The number of rotatable bonds is 0. The molecule has 0 aliphatic carbocycles. The number of carbonyl (C=O) groups excluding carboxylic acids is 1. The maximum absolute atomic E-state index is 11.3. The van der Waals surface area contributed by atoms with Crippen LogP contribution >= 0.6 is 0 Å². The van der Waals surface area contributed by atoms with Crippen LogP contribution in [0.3, 0.4) is 0 Å². The molecular weight excluding hydrogens is 164 g/mol. The highest BCUT2D eigenvalue weighted by atomic mass is 16.5. The molecule has 13 heavy (non-hydrogen) atoms. The van der Waals surface area contributed by atoms with Crippen LogP contribution in [-0.4, -0.2) is 5.97 Å². The summed E-state index contributed by atoms with van der Waals surface area (Å²) in [7, 11) is 0. The van der Waals surface area contributed by atoms with Crippen molar-refractivity contribution in [2.24, 2.45) is 0 Å². The predicted molar refractivity (Wildman–Crippen MR) is 49.5 cm³/mol. The summed E-state index contributed by atoms with van der Waals surface area (Å²) in [5.41, 5.74) is 1.81. The highest BCUT2D eigenvalue weighted by Crippen LogP contribution is 2.26. The number of hydrogen-bond acceptors (Lipinski definition) is 2. The van der Waals surface area contributed by atoms with Gasteiger partial charge in [-0.05, 0) is 18.6 Å². The van der Waals surface area contributed by atoms with Gasteiger partial charge in [0.25, 0.3) is 0 Å². The highest BCUT2D eigenvalue weighted by Gasteiger charge is 2.20. The maximum Gasteiger partial charge on any atom is 0.339 e. The average molecular weight is 174 g/mol. The van der Waals surface area contributed by atoms with Crippen molar-refractivity contribution in [1.29, 1.82) is 0 Å². The molecule has 1 aromatic carbocycles. The van der Waals surface area contributed by atoms with Crippen molar-refractivity contribution in [3.63, 3.8) is 0 Å². The second-order valence-electron chi connectivity index (χ2n) is 2.99. The Morgan fingerprint density at radius 2 is 2.15 bits per heavy atom. The van der Waals surface area contributed by atoms with Crippen LogP contribution in [-0.2, 0) is 11.2 Å². The first kappa shape index (κ1) is 8.05. The molecule has 0 saturated heterocycles. The van der Waals surface area contributed by atoms with Gasteiger partial charge in [0.15, 0.2) is 0 Å². The summed E-state index contributed by atoms with van der Waals surface area (Å²) in [5.74, 6) is 0.472. The minimum absolute atomic E-state index is 0.221. The van der Waals surface area contributed by atoms with Gasteiger partial charge in [-0.1, -0.05) is 24.3 Å². The minimum Gasteiger partial charge on any atom is -0.423 e. The third-order valence-corrected chi connectivity index (χ3v) is 2.17. The Morgan fingerprint density at radius 1 is 1.38 bits per heavy atom. The van der Waals surface area contributed by atoms with Gasteiger partial charge in [0, 0.05) is 12.0 Å². The third kappa shape index (κ3) is 1.35. The van der Waals surface area contributed by atoms with Crippen molar-refractivity contribution in [2.45, 2.75) is 13.3 Å². The molecule has 0 spiro atoms. The Hall–Kier alpha value is -1.57. The number of ether oxygens (including phenoxy) is 1. The molecule has 0 bridgehead atoms. The normalized spacial score (nSPS) is 18.2. The molecule has 2 nitrogen and oxygen atoms in total. The van der Waals surface area contributed by atoms with Gasteiger partial charge >= 0.3 is 5.97 Å². The van der Waals surface area contributed by atoms with Crippen molar-refractivity contribution in [1.82, 2.24) is 0 Å². The van der Waals surface area contributed by atoms with E-state index in [9.17, 15) is 4.79 Å². The summed E-state index contributed by atoms with van der Waals surface area (Å²) in [4.78, 5) is 11.3. The quantitative estimate of drug-likeness (QED) is 0.342. The molecule has 1 aromatic rings. The lowest BCUT2D eigenvalue weighted by atomic mass is 10.0. The zero-order valence-corrected chi connectivity index (χ0v) is 7.41. The molecule has 0 saturated carbocycles. The van der Waals surface area contributed by atoms with Crippen molar-refractivity contribution in [2.75, 3.05) is 0 Å². The molecule has 0 amide bonds. The van der Waals surface area contributed by atoms with Gasteiger partial charge in [-0.15, -0.1) is 0 Å². The molecule has 0 unspecified atom stereocenters. The van der Waals surface area contributed by atoms with Gasteiger partial charge in [-0.3, -0.25) is 0 Å². The van der Waals surface area contributed by atoms with Crippen LogP contribution in [0.15, 0.2) is 35.9 Å². The Morgan fingerprint density at radius 3 is 2.92 bits per heavy atom. The largest absolute Gasteiger partial charge is 0.423 e.